The number of H-pyrrole nitrogens is 1. The molecule has 0 bridgehead atoms. The van der Waals surface area contributed by atoms with Crippen LogP contribution in [0.1, 0.15) is 35.8 Å². The molecule has 1 aliphatic heterocycles. The van der Waals surface area contributed by atoms with Crippen molar-refractivity contribution in [2.24, 2.45) is 5.92 Å². The summed E-state index contributed by atoms with van der Waals surface area (Å²) in [6.45, 7) is 4.80. The van der Waals surface area contributed by atoms with Crippen LogP contribution in [0.15, 0.2) is 54.6 Å². The number of nitrogens with one attached hydrogen (secondary N) is 1. The van der Waals surface area contributed by atoms with Crippen LogP contribution >= 0.6 is 0 Å². The minimum Gasteiger partial charge on any atom is -0.497 e. The number of para-hydroxylation sites is 1. The normalized spacial score (nSPS) is 16.2. The Kier molecular flexibility index (Phi) is 6.78. The van der Waals surface area contributed by atoms with E-state index in [0.717, 1.165) is 41.6 Å². The molecule has 0 saturated carbocycles. The third-order valence-corrected chi connectivity index (χ3v) is 6.29. The molecule has 1 aliphatic rings. The quantitative estimate of drug-likeness (QED) is 0.610. The van der Waals surface area contributed by atoms with Crippen molar-refractivity contribution in [3.05, 3.63) is 65.9 Å². The van der Waals surface area contributed by atoms with Gasteiger partial charge in [-0.2, -0.15) is 0 Å². The van der Waals surface area contributed by atoms with Gasteiger partial charge in [0, 0.05) is 37.1 Å². The molecule has 32 heavy (non-hydrogen) atoms. The Morgan fingerprint density at radius 1 is 1.16 bits per heavy atom. The van der Waals surface area contributed by atoms with Crippen LogP contribution in [-0.4, -0.2) is 59.9 Å². The van der Waals surface area contributed by atoms with Gasteiger partial charge in [-0.25, -0.2) is 0 Å². The van der Waals surface area contributed by atoms with Crippen molar-refractivity contribution in [2.75, 3.05) is 33.3 Å². The molecule has 1 N–H and O–H groups in total. The van der Waals surface area contributed by atoms with Crippen molar-refractivity contribution in [1.82, 2.24) is 14.8 Å². The summed E-state index contributed by atoms with van der Waals surface area (Å²) < 4.78 is 5.19. The third-order valence-electron chi connectivity index (χ3n) is 6.29. The molecule has 1 fully saturated rings. The predicted octanol–water partition coefficient (Wildman–Crippen LogP) is 4.12. The molecule has 2 aromatic carbocycles. The Hall–Kier alpha value is -3.28. The summed E-state index contributed by atoms with van der Waals surface area (Å²) in [5, 5.41) is 1.04. The van der Waals surface area contributed by atoms with Crippen molar-refractivity contribution < 1.29 is 14.3 Å². The van der Waals surface area contributed by atoms with E-state index in [2.05, 4.69) is 4.98 Å². The van der Waals surface area contributed by atoms with Gasteiger partial charge in [0.05, 0.1) is 13.5 Å². The van der Waals surface area contributed by atoms with Gasteiger partial charge >= 0.3 is 0 Å². The lowest BCUT2D eigenvalue weighted by Crippen LogP contribution is -2.45. The van der Waals surface area contributed by atoms with Crippen molar-refractivity contribution in [3.63, 3.8) is 0 Å². The summed E-state index contributed by atoms with van der Waals surface area (Å²) in [7, 11) is 1.64. The van der Waals surface area contributed by atoms with E-state index in [4.69, 9.17) is 4.74 Å². The molecule has 1 unspecified atom stereocenters. The Morgan fingerprint density at radius 3 is 2.66 bits per heavy atom. The highest BCUT2D eigenvalue weighted by Crippen LogP contribution is 2.21. The summed E-state index contributed by atoms with van der Waals surface area (Å²) in [5.74, 6) is 1.24. The van der Waals surface area contributed by atoms with Crippen LogP contribution in [0.25, 0.3) is 10.9 Å². The lowest BCUT2D eigenvalue weighted by molar-refractivity contribution is -0.132. The second kappa shape index (κ2) is 9.90. The van der Waals surface area contributed by atoms with Gasteiger partial charge in [0.25, 0.3) is 5.91 Å². The zero-order chi connectivity index (χ0) is 22.5. The summed E-state index contributed by atoms with van der Waals surface area (Å²) in [5.41, 5.74) is 2.58. The van der Waals surface area contributed by atoms with E-state index in [1.54, 1.807) is 7.11 Å². The standard InChI is InChI=1S/C26H31N3O3/c1-3-28(26(31)24-16-21-8-4-5-9-23(21)27-24)17-20-7-6-14-29(18-20)25(30)15-19-10-12-22(32-2)13-11-19/h4-5,8-13,16,20,27H,3,6-7,14-15,17-18H2,1-2H3. The molecule has 6 heteroatoms. The number of amides is 2. The molecular formula is C26H31N3O3. The zero-order valence-corrected chi connectivity index (χ0v) is 18.8. The minimum absolute atomic E-state index is 0.0189. The first-order chi connectivity index (χ1) is 15.6. The average Bonchev–Trinajstić information content (AvgIpc) is 3.27. The van der Waals surface area contributed by atoms with Crippen molar-refractivity contribution in [2.45, 2.75) is 26.2 Å². The Morgan fingerprint density at radius 2 is 1.94 bits per heavy atom. The second-order valence-corrected chi connectivity index (χ2v) is 8.49. The average molecular weight is 434 g/mol. The molecule has 1 saturated heterocycles. The van der Waals surface area contributed by atoms with Gasteiger partial charge in [0.2, 0.25) is 5.91 Å². The number of methoxy groups -OCH3 is 1. The van der Waals surface area contributed by atoms with Crippen molar-refractivity contribution >= 4 is 22.7 Å². The molecule has 6 nitrogen and oxygen atoms in total. The smallest absolute Gasteiger partial charge is 0.270 e. The molecule has 3 aromatic rings. The minimum atomic E-state index is 0.0189. The number of aromatic nitrogens is 1. The Labute approximate surface area is 189 Å². The van der Waals surface area contributed by atoms with Crippen LogP contribution in [0, 0.1) is 5.92 Å². The van der Waals surface area contributed by atoms with Crippen molar-refractivity contribution in [1.29, 1.82) is 0 Å². The maximum atomic E-state index is 13.1. The van der Waals surface area contributed by atoms with Gasteiger partial charge in [0.1, 0.15) is 11.4 Å². The third kappa shape index (κ3) is 4.96. The van der Waals surface area contributed by atoms with E-state index in [1.165, 1.54) is 0 Å². The van der Waals surface area contributed by atoms with E-state index >= 15 is 0 Å². The predicted molar refractivity (Wildman–Crippen MR) is 126 cm³/mol. The highest BCUT2D eigenvalue weighted by atomic mass is 16.5. The van der Waals surface area contributed by atoms with Gasteiger partial charge in [-0.15, -0.1) is 0 Å². The number of nitrogens with zero attached hydrogens (tertiary/aromatic N) is 2. The number of aromatic amines is 1. The van der Waals surface area contributed by atoms with Crippen molar-refractivity contribution in [3.8, 4) is 5.75 Å². The van der Waals surface area contributed by atoms with Crippen LogP contribution in [0.4, 0.5) is 0 Å². The first kappa shape index (κ1) is 21.9. The van der Waals surface area contributed by atoms with Crippen LogP contribution in [0.5, 0.6) is 5.75 Å². The maximum absolute atomic E-state index is 13.1. The maximum Gasteiger partial charge on any atom is 0.270 e. The van der Waals surface area contributed by atoms with Gasteiger partial charge in [-0.1, -0.05) is 30.3 Å². The van der Waals surface area contributed by atoms with E-state index in [9.17, 15) is 9.59 Å². The monoisotopic (exact) mass is 433 g/mol. The molecule has 2 heterocycles. The van der Waals surface area contributed by atoms with E-state index in [1.807, 2.05) is 71.3 Å². The number of rotatable bonds is 7. The van der Waals surface area contributed by atoms with Gasteiger partial charge in [-0.3, -0.25) is 9.59 Å². The fraction of sp³-hybridized carbons (Fsp3) is 0.385. The van der Waals surface area contributed by atoms with E-state index in [0.29, 0.717) is 31.7 Å². The lowest BCUT2D eigenvalue weighted by atomic mass is 9.96. The molecule has 1 atom stereocenters. The first-order valence-corrected chi connectivity index (χ1v) is 11.3. The van der Waals surface area contributed by atoms with Gasteiger partial charge < -0.3 is 19.5 Å². The van der Waals surface area contributed by atoms with Gasteiger partial charge in [0.15, 0.2) is 0 Å². The SMILES string of the molecule is CCN(CC1CCCN(C(=O)Cc2ccc(OC)cc2)C1)C(=O)c1cc2ccccc2[nH]1. The second-order valence-electron chi connectivity index (χ2n) is 8.49. The summed E-state index contributed by atoms with van der Waals surface area (Å²) in [6.07, 6.45) is 2.39. The Bertz CT molecular complexity index is 1040. The number of fused-ring (bicyclic) bond motifs is 1. The lowest BCUT2D eigenvalue weighted by Gasteiger charge is -2.35. The molecule has 168 valence electrons. The van der Waals surface area contributed by atoms with Crippen LogP contribution in [0.3, 0.4) is 0 Å². The Balaban J connectivity index is 1.37. The largest absolute Gasteiger partial charge is 0.497 e. The fourth-order valence-corrected chi connectivity index (χ4v) is 4.50. The number of piperidine rings is 1. The highest BCUT2D eigenvalue weighted by Gasteiger charge is 2.27. The number of hydrogen-bond acceptors (Lipinski definition) is 3. The number of carbonyl (C=O) groups is 2. The summed E-state index contributed by atoms with van der Waals surface area (Å²) in [4.78, 5) is 33.1. The first-order valence-electron chi connectivity index (χ1n) is 11.3. The molecule has 0 radical (unpaired) electrons. The molecule has 2 amide bonds. The number of hydrogen-bond donors (Lipinski definition) is 1. The topological polar surface area (TPSA) is 65.6 Å². The van der Waals surface area contributed by atoms with Crippen LogP contribution in [0.2, 0.25) is 0 Å². The highest BCUT2D eigenvalue weighted by molar-refractivity contribution is 5.98. The fourth-order valence-electron chi connectivity index (χ4n) is 4.50. The van der Waals surface area contributed by atoms with E-state index < -0.39 is 0 Å². The number of benzene rings is 2. The zero-order valence-electron chi connectivity index (χ0n) is 18.8. The number of carbonyl (C=O) groups excluding carboxylic acids is 2. The summed E-state index contributed by atoms with van der Waals surface area (Å²) in [6, 6.07) is 17.5. The number of ether oxygens (including phenoxy) is 1. The van der Waals surface area contributed by atoms with Gasteiger partial charge in [-0.05, 0) is 55.5 Å². The molecule has 0 spiro atoms. The molecule has 4 rings (SSSR count). The van der Waals surface area contributed by atoms with Crippen LogP contribution < -0.4 is 4.74 Å². The number of likely N-dealkylation sites (tertiary alicyclic amines) is 1. The molecular weight excluding hydrogens is 402 g/mol. The van der Waals surface area contributed by atoms with E-state index in [-0.39, 0.29) is 17.7 Å². The molecule has 0 aliphatic carbocycles. The van der Waals surface area contributed by atoms with Crippen LogP contribution in [-0.2, 0) is 11.2 Å². The summed E-state index contributed by atoms with van der Waals surface area (Å²) >= 11 is 0. The molecule has 1 aromatic heterocycles.